The Hall–Kier alpha value is -0.0800. The van der Waals surface area contributed by atoms with Gasteiger partial charge in [0, 0.05) is 12.5 Å². The Morgan fingerprint density at radius 2 is 1.69 bits per heavy atom. The van der Waals surface area contributed by atoms with Crippen molar-refractivity contribution in [2.45, 2.75) is 110 Å². The fourth-order valence-corrected chi connectivity index (χ4v) is 10.5. The maximum atomic E-state index is 7.03. The van der Waals surface area contributed by atoms with Crippen molar-refractivity contribution in [3.8, 4) is 0 Å². The van der Waals surface area contributed by atoms with E-state index in [0.717, 1.165) is 42.1 Å². The molecule has 0 aromatic rings. The molecule has 2 nitrogen and oxygen atoms in total. The van der Waals surface area contributed by atoms with Gasteiger partial charge in [0.05, 0.1) is 6.10 Å². The molecule has 0 bridgehead atoms. The summed E-state index contributed by atoms with van der Waals surface area (Å²) in [7, 11) is 0. The number of nitrogens with one attached hydrogen (secondary N) is 1. The maximum absolute atomic E-state index is 7.03. The van der Waals surface area contributed by atoms with E-state index in [9.17, 15) is 0 Å². The Balaban J connectivity index is 1.27. The van der Waals surface area contributed by atoms with Crippen molar-refractivity contribution in [3.05, 3.63) is 0 Å². The van der Waals surface area contributed by atoms with Gasteiger partial charge in [-0.25, -0.2) is 0 Å². The van der Waals surface area contributed by atoms with Crippen LogP contribution in [0.1, 0.15) is 98.3 Å². The fraction of sp³-hybridized carbons (Fsp3) is 1.00. The van der Waals surface area contributed by atoms with Gasteiger partial charge in [-0.3, -0.25) is 5.32 Å². The van der Waals surface area contributed by atoms with Gasteiger partial charge >= 0.3 is 0 Å². The molecule has 2 heteroatoms. The van der Waals surface area contributed by atoms with Gasteiger partial charge < -0.3 is 4.74 Å². The van der Waals surface area contributed by atoms with E-state index in [1.54, 1.807) is 0 Å². The van der Waals surface area contributed by atoms with Crippen molar-refractivity contribution in [1.29, 1.82) is 0 Å². The monoisotopic (exact) mass is 399 g/mol. The molecule has 4 saturated carbocycles. The number of rotatable bonds is 0. The van der Waals surface area contributed by atoms with E-state index in [-0.39, 0.29) is 5.72 Å². The molecule has 0 aromatic carbocycles. The van der Waals surface area contributed by atoms with Crippen molar-refractivity contribution in [2.24, 2.45) is 52.3 Å². The lowest BCUT2D eigenvalue weighted by Crippen LogP contribution is -2.57. The van der Waals surface area contributed by atoms with Gasteiger partial charge in [-0.1, -0.05) is 40.5 Å². The number of fused-ring (bicyclic) bond motifs is 7. The van der Waals surface area contributed by atoms with Crippen molar-refractivity contribution >= 4 is 0 Å². The van der Waals surface area contributed by atoms with Crippen molar-refractivity contribution < 1.29 is 4.74 Å². The Morgan fingerprint density at radius 1 is 0.828 bits per heavy atom. The lowest BCUT2D eigenvalue weighted by molar-refractivity contribution is -0.132. The SMILES string of the molecule is C[C@H]1CC[C@]2(NC1)O[C@H]1C[C@H]3[C@@H]4CC[C@H]5CCCC[C@]5(C)[C@H]4CC[C@]3(C)[C@H]1[C@@H]2C. The van der Waals surface area contributed by atoms with Crippen LogP contribution in [0.15, 0.2) is 0 Å². The van der Waals surface area contributed by atoms with Gasteiger partial charge in [-0.15, -0.1) is 0 Å². The molecule has 0 radical (unpaired) electrons. The van der Waals surface area contributed by atoms with Crippen LogP contribution in [0.2, 0.25) is 0 Å². The van der Waals surface area contributed by atoms with Gasteiger partial charge in [-0.2, -0.15) is 0 Å². The van der Waals surface area contributed by atoms with E-state index in [1.165, 1.54) is 70.6 Å². The number of ether oxygens (including phenoxy) is 1. The third-order valence-corrected chi connectivity index (χ3v) is 12.1. The minimum absolute atomic E-state index is 0.000316. The van der Waals surface area contributed by atoms with Crippen LogP contribution in [0.4, 0.5) is 0 Å². The Bertz CT molecular complexity index is 653. The summed E-state index contributed by atoms with van der Waals surface area (Å²) in [6.07, 6.45) is 16.5. The molecule has 2 saturated heterocycles. The molecule has 0 unspecified atom stereocenters. The average Bonchev–Trinajstić information content (AvgIpc) is 3.15. The quantitative estimate of drug-likeness (QED) is 0.509. The minimum atomic E-state index is -0.000316. The normalized spacial score (nSPS) is 61.7. The zero-order chi connectivity index (χ0) is 20.0. The zero-order valence-electron chi connectivity index (χ0n) is 19.5. The van der Waals surface area contributed by atoms with Crippen LogP contribution in [-0.2, 0) is 4.74 Å². The van der Waals surface area contributed by atoms with Crippen LogP contribution in [-0.4, -0.2) is 18.4 Å². The molecule has 1 spiro atoms. The largest absolute Gasteiger partial charge is 0.357 e. The van der Waals surface area contributed by atoms with Gasteiger partial charge in [0.1, 0.15) is 5.72 Å². The molecule has 2 aliphatic heterocycles. The fourth-order valence-electron chi connectivity index (χ4n) is 10.5. The highest BCUT2D eigenvalue weighted by Crippen LogP contribution is 2.71. The molecule has 11 atom stereocenters. The van der Waals surface area contributed by atoms with Crippen molar-refractivity contribution in [2.75, 3.05) is 6.54 Å². The third kappa shape index (κ3) is 2.54. The minimum Gasteiger partial charge on any atom is -0.357 e. The molecule has 6 aliphatic rings. The van der Waals surface area contributed by atoms with Crippen molar-refractivity contribution in [3.63, 3.8) is 0 Å². The Labute approximate surface area is 179 Å². The Kier molecular flexibility index (Phi) is 4.37. The predicted molar refractivity (Wildman–Crippen MR) is 118 cm³/mol. The van der Waals surface area contributed by atoms with E-state index < -0.39 is 0 Å². The first-order valence-electron chi connectivity index (χ1n) is 13.3. The smallest absolute Gasteiger partial charge is 0.122 e. The molecular weight excluding hydrogens is 354 g/mol. The van der Waals surface area contributed by atoms with Crippen molar-refractivity contribution in [1.82, 2.24) is 5.32 Å². The van der Waals surface area contributed by atoms with Crippen LogP contribution in [0.5, 0.6) is 0 Å². The molecule has 6 rings (SSSR count). The second-order valence-corrected chi connectivity index (χ2v) is 13.1. The Morgan fingerprint density at radius 3 is 2.48 bits per heavy atom. The number of piperidine rings is 1. The summed E-state index contributed by atoms with van der Waals surface area (Å²) in [6.45, 7) is 11.5. The first-order chi connectivity index (χ1) is 13.9. The third-order valence-electron chi connectivity index (χ3n) is 12.1. The molecular formula is C27H45NO. The number of hydrogen-bond acceptors (Lipinski definition) is 2. The summed E-state index contributed by atoms with van der Waals surface area (Å²) < 4.78 is 7.03. The van der Waals surface area contributed by atoms with E-state index in [0.29, 0.717) is 22.9 Å². The summed E-state index contributed by atoms with van der Waals surface area (Å²) in [4.78, 5) is 0. The van der Waals surface area contributed by atoms with Gasteiger partial charge in [0.25, 0.3) is 0 Å². The van der Waals surface area contributed by atoms with E-state index in [2.05, 4.69) is 33.0 Å². The molecule has 0 amide bonds. The maximum Gasteiger partial charge on any atom is 0.122 e. The predicted octanol–water partition coefficient (Wildman–Crippen LogP) is 6.40. The molecule has 29 heavy (non-hydrogen) atoms. The molecule has 1 N–H and O–H groups in total. The summed E-state index contributed by atoms with van der Waals surface area (Å²) >= 11 is 0. The van der Waals surface area contributed by atoms with Crippen LogP contribution in [0.25, 0.3) is 0 Å². The molecule has 0 aromatic heterocycles. The second-order valence-electron chi connectivity index (χ2n) is 13.1. The van der Waals surface area contributed by atoms with E-state index in [4.69, 9.17) is 4.74 Å². The topological polar surface area (TPSA) is 21.3 Å². The summed E-state index contributed by atoms with van der Waals surface area (Å²) in [5.74, 6) is 6.23. The zero-order valence-corrected chi connectivity index (χ0v) is 19.5. The van der Waals surface area contributed by atoms with Crippen LogP contribution in [0, 0.1) is 52.3 Å². The average molecular weight is 400 g/mol. The summed E-state index contributed by atoms with van der Waals surface area (Å²) in [6, 6.07) is 0. The molecule has 164 valence electrons. The highest BCUT2D eigenvalue weighted by molar-refractivity contribution is 5.16. The highest BCUT2D eigenvalue weighted by atomic mass is 16.5. The first-order valence-corrected chi connectivity index (χ1v) is 13.3. The van der Waals surface area contributed by atoms with Gasteiger partial charge in [0.15, 0.2) is 0 Å². The molecule has 2 heterocycles. The van der Waals surface area contributed by atoms with Gasteiger partial charge in [0.2, 0.25) is 0 Å². The van der Waals surface area contributed by atoms with Crippen LogP contribution < -0.4 is 5.32 Å². The lowest BCUT2D eigenvalue weighted by Gasteiger charge is -2.61. The van der Waals surface area contributed by atoms with E-state index in [1.807, 2.05) is 0 Å². The van der Waals surface area contributed by atoms with Gasteiger partial charge in [-0.05, 0) is 104 Å². The van der Waals surface area contributed by atoms with E-state index >= 15 is 0 Å². The van der Waals surface area contributed by atoms with Crippen LogP contribution in [0.3, 0.4) is 0 Å². The highest BCUT2D eigenvalue weighted by Gasteiger charge is 2.68. The molecule has 6 fully saturated rings. The summed E-state index contributed by atoms with van der Waals surface area (Å²) in [5.41, 5.74) is 1.19. The second kappa shape index (κ2) is 6.47. The van der Waals surface area contributed by atoms with Crippen LogP contribution >= 0.6 is 0 Å². The first kappa shape index (κ1) is 19.6. The molecule has 4 aliphatic carbocycles. The summed E-state index contributed by atoms with van der Waals surface area (Å²) in [5, 5.41) is 3.91. The lowest BCUT2D eigenvalue weighted by atomic mass is 9.44. The number of hydrogen-bond donors (Lipinski definition) is 1. The standard InChI is InChI=1S/C27H45NO/c1-17-10-14-27(28-16-17)18(2)24-23(29-27)15-22-20-9-8-19-7-5-6-12-25(19,3)21(20)11-13-26(22,24)4/h17-24,28H,5-16H2,1-4H3/t17-,18-,19+,20+,21-,22-,23-,24-,25-,26-,27-/m0/s1.